The molecular formula is C4H12O2S2. The van der Waals surface area contributed by atoms with Crippen LogP contribution in [0.5, 0.6) is 0 Å². The van der Waals surface area contributed by atoms with Crippen LogP contribution in [-0.2, 0) is 0 Å². The SMILES string of the molecule is CC(O)O.SCCS. The second-order valence-corrected chi connectivity index (χ2v) is 1.97. The van der Waals surface area contributed by atoms with Crippen LogP contribution in [0.4, 0.5) is 0 Å². The zero-order chi connectivity index (χ0) is 6.99. The molecule has 0 rings (SSSR count). The van der Waals surface area contributed by atoms with Crippen molar-refractivity contribution in [3.63, 3.8) is 0 Å². The summed E-state index contributed by atoms with van der Waals surface area (Å²) < 4.78 is 0. The zero-order valence-electron chi connectivity index (χ0n) is 4.78. The first-order valence-corrected chi connectivity index (χ1v) is 3.49. The van der Waals surface area contributed by atoms with Gasteiger partial charge in [0.2, 0.25) is 0 Å². The molecule has 2 N–H and O–H groups in total. The summed E-state index contributed by atoms with van der Waals surface area (Å²) in [6, 6.07) is 0. The highest BCUT2D eigenvalue weighted by molar-refractivity contribution is 7.84. The molecule has 0 saturated carbocycles. The molecule has 0 spiro atoms. The summed E-state index contributed by atoms with van der Waals surface area (Å²) in [5, 5.41) is 15.2. The van der Waals surface area contributed by atoms with Crippen LogP contribution in [0.2, 0.25) is 0 Å². The third kappa shape index (κ3) is 79.7. The van der Waals surface area contributed by atoms with Gasteiger partial charge in [-0.1, -0.05) is 0 Å². The molecule has 0 bridgehead atoms. The topological polar surface area (TPSA) is 40.5 Å². The quantitative estimate of drug-likeness (QED) is 0.323. The van der Waals surface area contributed by atoms with Crippen molar-refractivity contribution in [1.29, 1.82) is 0 Å². The lowest BCUT2D eigenvalue weighted by Gasteiger charge is -1.80. The van der Waals surface area contributed by atoms with Gasteiger partial charge in [0.25, 0.3) is 0 Å². The van der Waals surface area contributed by atoms with E-state index < -0.39 is 6.29 Å². The standard InChI is InChI=1S/C2H6O2.C2H6S2/c1-2(3)4;3-1-2-4/h2-4H,1H3;3-4H,1-2H2. The minimum atomic E-state index is -1.17. The summed E-state index contributed by atoms with van der Waals surface area (Å²) in [6.45, 7) is 1.28. The molecule has 0 unspecified atom stereocenters. The van der Waals surface area contributed by atoms with Crippen LogP contribution in [0.1, 0.15) is 6.92 Å². The Morgan fingerprint density at radius 3 is 1.38 bits per heavy atom. The zero-order valence-corrected chi connectivity index (χ0v) is 6.57. The highest BCUT2D eigenvalue weighted by atomic mass is 32.1. The van der Waals surface area contributed by atoms with Gasteiger partial charge in [0.1, 0.15) is 6.29 Å². The summed E-state index contributed by atoms with van der Waals surface area (Å²) in [6.07, 6.45) is -1.17. The fourth-order valence-corrected chi connectivity index (χ4v) is 0. The van der Waals surface area contributed by atoms with E-state index >= 15 is 0 Å². The van der Waals surface area contributed by atoms with Gasteiger partial charge < -0.3 is 10.2 Å². The summed E-state index contributed by atoms with van der Waals surface area (Å²) in [5.41, 5.74) is 0. The summed E-state index contributed by atoms with van der Waals surface area (Å²) in [7, 11) is 0. The van der Waals surface area contributed by atoms with Crippen LogP contribution >= 0.6 is 25.3 Å². The van der Waals surface area contributed by atoms with Gasteiger partial charge in [-0.2, -0.15) is 25.3 Å². The van der Waals surface area contributed by atoms with E-state index in [-0.39, 0.29) is 0 Å². The van der Waals surface area contributed by atoms with Crippen molar-refractivity contribution in [3.05, 3.63) is 0 Å². The van der Waals surface area contributed by atoms with Gasteiger partial charge in [0.05, 0.1) is 0 Å². The van der Waals surface area contributed by atoms with Crippen molar-refractivity contribution >= 4 is 25.3 Å². The smallest absolute Gasteiger partial charge is 0.148 e. The van der Waals surface area contributed by atoms with Crippen LogP contribution in [0.3, 0.4) is 0 Å². The monoisotopic (exact) mass is 156 g/mol. The maximum Gasteiger partial charge on any atom is 0.148 e. The second kappa shape index (κ2) is 10.6. The predicted octanol–water partition coefficient (Wildman–Crippen LogP) is 0.163. The molecule has 0 fully saturated rings. The normalized spacial score (nSPS) is 8.25. The maximum absolute atomic E-state index is 7.61. The molecule has 0 aromatic rings. The molecular weight excluding hydrogens is 144 g/mol. The van der Waals surface area contributed by atoms with E-state index in [1.807, 2.05) is 0 Å². The molecule has 0 aliphatic heterocycles. The average molecular weight is 156 g/mol. The van der Waals surface area contributed by atoms with Gasteiger partial charge in [-0.3, -0.25) is 0 Å². The largest absolute Gasteiger partial charge is 0.368 e. The Morgan fingerprint density at radius 2 is 1.38 bits per heavy atom. The van der Waals surface area contributed by atoms with Crippen molar-refractivity contribution < 1.29 is 10.2 Å². The fourth-order valence-electron chi connectivity index (χ4n) is 0. The average Bonchev–Trinajstić information content (AvgIpc) is 1.65. The molecule has 0 aromatic heterocycles. The van der Waals surface area contributed by atoms with Crippen molar-refractivity contribution in [3.8, 4) is 0 Å². The Labute approximate surface area is 60.7 Å². The van der Waals surface area contributed by atoms with E-state index in [0.29, 0.717) is 0 Å². The van der Waals surface area contributed by atoms with Crippen LogP contribution < -0.4 is 0 Å². The van der Waals surface area contributed by atoms with E-state index in [2.05, 4.69) is 25.3 Å². The molecule has 0 amide bonds. The molecule has 0 aliphatic carbocycles. The Balaban J connectivity index is 0. The molecule has 0 saturated heterocycles. The van der Waals surface area contributed by atoms with Crippen LogP contribution in [-0.4, -0.2) is 28.0 Å². The minimum absolute atomic E-state index is 0.878. The van der Waals surface area contributed by atoms with Gasteiger partial charge in [-0.15, -0.1) is 0 Å². The third-order valence-corrected chi connectivity index (χ3v) is 0.900. The molecule has 2 nitrogen and oxygen atoms in total. The number of thiol groups is 2. The van der Waals surface area contributed by atoms with E-state index in [9.17, 15) is 0 Å². The van der Waals surface area contributed by atoms with Gasteiger partial charge in [-0.25, -0.2) is 0 Å². The van der Waals surface area contributed by atoms with Gasteiger partial charge in [0, 0.05) is 0 Å². The lowest BCUT2D eigenvalue weighted by atomic mass is 10.8. The first kappa shape index (κ1) is 11.4. The van der Waals surface area contributed by atoms with E-state index in [4.69, 9.17) is 10.2 Å². The Bertz CT molecular complexity index is 28.5. The lowest BCUT2D eigenvalue weighted by molar-refractivity contribution is -0.0228. The van der Waals surface area contributed by atoms with Crippen molar-refractivity contribution in [2.24, 2.45) is 0 Å². The number of hydrogen-bond acceptors (Lipinski definition) is 4. The lowest BCUT2D eigenvalue weighted by Crippen LogP contribution is -1.92. The summed E-state index contributed by atoms with van der Waals surface area (Å²) in [4.78, 5) is 0. The van der Waals surface area contributed by atoms with Crippen molar-refractivity contribution in [2.75, 3.05) is 11.5 Å². The van der Waals surface area contributed by atoms with Gasteiger partial charge >= 0.3 is 0 Å². The number of hydrogen-bond donors (Lipinski definition) is 4. The van der Waals surface area contributed by atoms with E-state index in [0.717, 1.165) is 11.5 Å². The Kier molecular flexibility index (Phi) is 15.1. The molecule has 52 valence electrons. The molecule has 0 radical (unpaired) electrons. The summed E-state index contributed by atoms with van der Waals surface area (Å²) in [5.74, 6) is 1.76. The van der Waals surface area contributed by atoms with E-state index in [1.165, 1.54) is 6.92 Å². The molecule has 0 heterocycles. The number of rotatable bonds is 1. The Morgan fingerprint density at radius 1 is 1.25 bits per heavy atom. The predicted molar refractivity (Wildman–Crippen MR) is 41.6 cm³/mol. The highest BCUT2D eigenvalue weighted by Crippen LogP contribution is 1.73. The third-order valence-electron chi connectivity index (χ3n) is 0.1000. The number of aliphatic hydroxyl groups is 2. The van der Waals surface area contributed by atoms with Gasteiger partial charge in [-0.05, 0) is 18.4 Å². The highest BCUT2D eigenvalue weighted by Gasteiger charge is 1.70. The first-order chi connectivity index (χ1) is 3.65. The molecule has 4 heteroatoms. The minimum Gasteiger partial charge on any atom is -0.368 e. The summed E-state index contributed by atoms with van der Waals surface area (Å²) >= 11 is 7.69. The fraction of sp³-hybridized carbons (Fsp3) is 1.00. The van der Waals surface area contributed by atoms with Crippen LogP contribution in [0.25, 0.3) is 0 Å². The maximum atomic E-state index is 7.61. The van der Waals surface area contributed by atoms with Crippen molar-refractivity contribution in [1.82, 2.24) is 0 Å². The first-order valence-electron chi connectivity index (χ1n) is 2.23. The van der Waals surface area contributed by atoms with Crippen LogP contribution in [0, 0.1) is 0 Å². The molecule has 0 aliphatic rings. The molecule has 0 aromatic carbocycles. The Hall–Kier alpha value is 0.620. The number of aliphatic hydroxyl groups excluding tert-OH is 1. The second-order valence-electron chi connectivity index (χ2n) is 1.08. The van der Waals surface area contributed by atoms with Crippen molar-refractivity contribution in [2.45, 2.75) is 13.2 Å². The molecule has 8 heavy (non-hydrogen) atoms. The van der Waals surface area contributed by atoms with Crippen LogP contribution in [0.15, 0.2) is 0 Å². The van der Waals surface area contributed by atoms with E-state index in [1.54, 1.807) is 0 Å². The molecule has 0 atom stereocenters. The van der Waals surface area contributed by atoms with Gasteiger partial charge in [0.15, 0.2) is 0 Å².